The average Bonchev–Trinajstić information content (AvgIpc) is 1.99. The van der Waals surface area contributed by atoms with E-state index in [0.717, 1.165) is 0 Å². The number of halogens is 2. The Balaban J connectivity index is 4.43. The molecule has 0 fully saturated rings. The number of alkyl halides is 2. The van der Waals surface area contributed by atoms with Crippen molar-refractivity contribution in [2.24, 2.45) is 0 Å². The lowest BCUT2D eigenvalue weighted by Gasteiger charge is -2.21. The molecular formula is C7H15F2NO3S. The predicted octanol–water partition coefficient (Wildman–Crippen LogP) is 0.332. The molecular weight excluding hydrogens is 216 g/mol. The fourth-order valence-corrected chi connectivity index (χ4v) is 1.31. The van der Waals surface area contributed by atoms with E-state index in [1.807, 2.05) is 0 Å². The standard InChI is InChI=1S/C7H15F2NO3S/c1-6(2,3)14(12,13)10-4-7(8,9)5-11/h10-11H,4-5H2,1-3H3. The predicted molar refractivity (Wildman–Crippen MR) is 48.7 cm³/mol. The summed E-state index contributed by atoms with van der Waals surface area (Å²) in [5.41, 5.74) is 0. The number of aliphatic hydroxyl groups is 1. The third kappa shape index (κ3) is 3.85. The summed E-state index contributed by atoms with van der Waals surface area (Å²) in [7, 11) is -3.78. The summed E-state index contributed by atoms with van der Waals surface area (Å²) in [6.45, 7) is 1.73. The van der Waals surface area contributed by atoms with Crippen LogP contribution in [0.4, 0.5) is 8.78 Å². The Kier molecular flexibility index (Phi) is 4.00. The van der Waals surface area contributed by atoms with Gasteiger partial charge in [-0.25, -0.2) is 21.9 Å². The van der Waals surface area contributed by atoms with Crippen molar-refractivity contribution in [3.8, 4) is 0 Å². The fourth-order valence-electron chi connectivity index (χ4n) is 0.473. The van der Waals surface area contributed by atoms with Crippen molar-refractivity contribution in [1.29, 1.82) is 0 Å². The summed E-state index contributed by atoms with van der Waals surface area (Å²) < 4.78 is 48.2. The molecule has 0 saturated heterocycles. The summed E-state index contributed by atoms with van der Waals surface area (Å²) in [5.74, 6) is -3.42. The van der Waals surface area contributed by atoms with Gasteiger partial charge < -0.3 is 5.11 Å². The molecule has 2 N–H and O–H groups in total. The van der Waals surface area contributed by atoms with E-state index in [9.17, 15) is 17.2 Å². The first-order valence-corrected chi connectivity index (χ1v) is 5.48. The van der Waals surface area contributed by atoms with Crippen molar-refractivity contribution in [1.82, 2.24) is 4.72 Å². The molecule has 7 heteroatoms. The van der Waals surface area contributed by atoms with Crippen molar-refractivity contribution in [3.05, 3.63) is 0 Å². The number of nitrogens with one attached hydrogen (secondary N) is 1. The summed E-state index contributed by atoms with van der Waals surface area (Å²) in [5, 5.41) is 8.21. The van der Waals surface area contributed by atoms with Gasteiger partial charge in [-0.15, -0.1) is 0 Å². The Bertz CT molecular complexity index is 282. The van der Waals surface area contributed by atoms with Gasteiger partial charge in [0, 0.05) is 0 Å². The molecule has 0 heterocycles. The topological polar surface area (TPSA) is 66.4 Å². The monoisotopic (exact) mass is 231 g/mol. The first-order chi connectivity index (χ1) is 6.02. The van der Waals surface area contributed by atoms with Crippen molar-refractivity contribution in [2.75, 3.05) is 13.2 Å². The van der Waals surface area contributed by atoms with E-state index in [-0.39, 0.29) is 0 Å². The Morgan fingerprint density at radius 3 is 2.00 bits per heavy atom. The second-order valence-corrected chi connectivity index (χ2v) is 6.47. The number of hydrogen-bond donors (Lipinski definition) is 2. The quantitative estimate of drug-likeness (QED) is 0.733. The molecule has 0 bridgehead atoms. The van der Waals surface area contributed by atoms with Crippen LogP contribution in [0.2, 0.25) is 0 Å². The molecule has 0 aliphatic heterocycles. The Hall–Kier alpha value is -0.270. The Morgan fingerprint density at radius 2 is 1.71 bits per heavy atom. The largest absolute Gasteiger partial charge is 0.390 e. The highest BCUT2D eigenvalue weighted by Crippen LogP contribution is 2.16. The van der Waals surface area contributed by atoms with Gasteiger partial charge in [0.2, 0.25) is 10.0 Å². The molecule has 0 aromatic carbocycles. The molecule has 0 aliphatic carbocycles. The zero-order chi connectivity index (χ0) is 11.6. The number of aliphatic hydroxyl groups excluding tert-OH is 1. The molecule has 0 atom stereocenters. The lowest BCUT2D eigenvalue weighted by atomic mass is 10.3. The summed E-state index contributed by atoms with van der Waals surface area (Å²) >= 11 is 0. The zero-order valence-electron chi connectivity index (χ0n) is 8.34. The second-order valence-electron chi connectivity index (χ2n) is 3.95. The van der Waals surface area contributed by atoms with Crippen molar-refractivity contribution >= 4 is 10.0 Å². The molecule has 0 saturated carbocycles. The second kappa shape index (κ2) is 4.08. The van der Waals surface area contributed by atoms with Gasteiger partial charge in [0.25, 0.3) is 5.92 Å². The smallest absolute Gasteiger partial charge is 0.283 e. The van der Waals surface area contributed by atoms with Gasteiger partial charge >= 0.3 is 0 Å². The molecule has 0 spiro atoms. The molecule has 0 aliphatic rings. The van der Waals surface area contributed by atoms with E-state index in [1.54, 1.807) is 4.72 Å². The van der Waals surface area contributed by atoms with Crippen LogP contribution < -0.4 is 4.72 Å². The van der Waals surface area contributed by atoms with Gasteiger partial charge in [0.15, 0.2) is 0 Å². The lowest BCUT2D eigenvalue weighted by Crippen LogP contribution is -2.45. The molecule has 0 radical (unpaired) electrons. The van der Waals surface area contributed by atoms with Crippen LogP contribution >= 0.6 is 0 Å². The SMILES string of the molecule is CC(C)(C)S(=O)(=O)NCC(F)(F)CO. The first-order valence-electron chi connectivity index (χ1n) is 4.00. The van der Waals surface area contributed by atoms with Gasteiger partial charge in [0.1, 0.15) is 6.61 Å². The minimum atomic E-state index is -3.78. The number of hydrogen-bond acceptors (Lipinski definition) is 3. The van der Waals surface area contributed by atoms with Crippen LogP contribution in [0.1, 0.15) is 20.8 Å². The van der Waals surface area contributed by atoms with E-state index in [4.69, 9.17) is 5.11 Å². The normalized spacial score (nSPS) is 14.4. The van der Waals surface area contributed by atoms with Gasteiger partial charge in [0.05, 0.1) is 11.3 Å². The summed E-state index contributed by atoms with van der Waals surface area (Å²) in [6, 6.07) is 0. The van der Waals surface area contributed by atoms with Crippen LogP contribution in [0, 0.1) is 0 Å². The van der Waals surface area contributed by atoms with Crippen LogP contribution in [-0.2, 0) is 10.0 Å². The van der Waals surface area contributed by atoms with Crippen molar-refractivity contribution < 1.29 is 22.3 Å². The zero-order valence-corrected chi connectivity index (χ0v) is 9.16. The Labute approximate surface area is 82.4 Å². The van der Waals surface area contributed by atoms with E-state index in [2.05, 4.69) is 0 Å². The summed E-state index contributed by atoms with van der Waals surface area (Å²) in [6.07, 6.45) is 0. The number of sulfonamides is 1. The van der Waals surface area contributed by atoms with E-state index >= 15 is 0 Å². The van der Waals surface area contributed by atoms with Crippen LogP contribution in [0.5, 0.6) is 0 Å². The molecule has 0 rings (SSSR count). The van der Waals surface area contributed by atoms with Crippen LogP contribution in [0.25, 0.3) is 0 Å². The maximum Gasteiger partial charge on any atom is 0.283 e. The molecule has 0 aromatic heterocycles. The maximum absolute atomic E-state index is 12.5. The molecule has 86 valence electrons. The van der Waals surface area contributed by atoms with E-state index < -0.39 is 33.8 Å². The fraction of sp³-hybridized carbons (Fsp3) is 1.00. The lowest BCUT2D eigenvalue weighted by molar-refractivity contribution is -0.0437. The third-order valence-electron chi connectivity index (χ3n) is 1.56. The Morgan fingerprint density at radius 1 is 1.29 bits per heavy atom. The number of rotatable bonds is 4. The highest BCUT2D eigenvalue weighted by molar-refractivity contribution is 7.90. The molecule has 0 amide bonds. The van der Waals surface area contributed by atoms with Gasteiger partial charge in [-0.2, -0.15) is 0 Å². The highest BCUT2D eigenvalue weighted by atomic mass is 32.2. The third-order valence-corrected chi connectivity index (χ3v) is 3.70. The van der Waals surface area contributed by atoms with Crippen molar-refractivity contribution in [2.45, 2.75) is 31.4 Å². The van der Waals surface area contributed by atoms with E-state index in [0.29, 0.717) is 0 Å². The van der Waals surface area contributed by atoms with Gasteiger partial charge in [-0.3, -0.25) is 0 Å². The molecule has 0 aromatic rings. The molecule has 14 heavy (non-hydrogen) atoms. The van der Waals surface area contributed by atoms with Crippen LogP contribution in [-0.4, -0.2) is 37.3 Å². The minimum Gasteiger partial charge on any atom is -0.390 e. The maximum atomic E-state index is 12.5. The average molecular weight is 231 g/mol. The minimum absolute atomic E-state index is 1.08. The van der Waals surface area contributed by atoms with E-state index in [1.165, 1.54) is 20.8 Å². The van der Waals surface area contributed by atoms with Crippen molar-refractivity contribution in [3.63, 3.8) is 0 Å². The van der Waals surface area contributed by atoms with Gasteiger partial charge in [-0.1, -0.05) is 0 Å². The summed E-state index contributed by atoms with van der Waals surface area (Å²) in [4.78, 5) is 0. The highest BCUT2D eigenvalue weighted by Gasteiger charge is 2.34. The molecule has 4 nitrogen and oxygen atoms in total. The van der Waals surface area contributed by atoms with Gasteiger partial charge in [-0.05, 0) is 20.8 Å². The molecule has 0 unspecified atom stereocenters. The first kappa shape index (κ1) is 13.7. The van der Waals surface area contributed by atoms with Crippen LogP contribution in [0.15, 0.2) is 0 Å². The van der Waals surface area contributed by atoms with Crippen LogP contribution in [0.3, 0.4) is 0 Å².